The summed E-state index contributed by atoms with van der Waals surface area (Å²) in [6.45, 7) is 6.22. The first-order valence-electron chi connectivity index (χ1n) is 5.42. The molecule has 0 N–H and O–H groups in total. The van der Waals surface area contributed by atoms with Gasteiger partial charge in [-0.15, -0.1) is 0 Å². The first-order chi connectivity index (χ1) is 7.43. The molecule has 15 heavy (non-hydrogen) atoms. The van der Waals surface area contributed by atoms with E-state index in [0.29, 0.717) is 19.8 Å². The zero-order valence-electron chi connectivity index (χ0n) is 9.15. The Kier molecular flexibility index (Phi) is 6.88. The van der Waals surface area contributed by atoms with Crippen molar-refractivity contribution in [2.45, 2.75) is 12.8 Å². The molecule has 0 amide bonds. The Labute approximate surface area is 92.2 Å². The Morgan fingerprint density at radius 1 is 0.933 bits per heavy atom. The van der Waals surface area contributed by atoms with Gasteiger partial charge >= 0.3 is 0 Å². The summed E-state index contributed by atoms with van der Waals surface area (Å²) in [6, 6.07) is 10.5. The second-order valence-electron chi connectivity index (χ2n) is 3.31. The highest BCUT2D eigenvalue weighted by Gasteiger charge is 1.92. The summed E-state index contributed by atoms with van der Waals surface area (Å²) in [4.78, 5) is 0. The van der Waals surface area contributed by atoms with Crippen molar-refractivity contribution < 1.29 is 9.47 Å². The van der Waals surface area contributed by atoms with Crippen LogP contribution in [0.3, 0.4) is 0 Å². The van der Waals surface area contributed by atoms with Crippen LogP contribution in [0.15, 0.2) is 30.3 Å². The third-order valence-electron chi connectivity index (χ3n) is 2.11. The topological polar surface area (TPSA) is 18.5 Å². The van der Waals surface area contributed by atoms with Crippen LogP contribution in [0.5, 0.6) is 0 Å². The van der Waals surface area contributed by atoms with Crippen LogP contribution in [-0.4, -0.2) is 26.4 Å². The molecule has 0 aromatic heterocycles. The highest BCUT2D eigenvalue weighted by Crippen LogP contribution is 2.02. The molecule has 1 aromatic carbocycles. The lowest BCUT2D eigenvalue weighted by Crippen LogP contribution is -2.05. The van der Waals surface area contributed by atoms with Gasteiger partial charge in [0.1, 0.15) is 0 Å². The predicted octanol–water partition coefficient (Wildman–Crippen LogP) is 2.49. The van der Waals surface area contributed by atoms with Crippen LogP contribution in [0, 0.1) is 6.92 Å². The summed E-state index contributed by atoms with van der Waals surface area (Å²) in [5, 5.41) is 0. The van der Waals surface area contributed by atoms with Gasteiger partial charge in [-0.25, -0.2) is 0 Å². The molecule has 0 saturated heterocycles. The van der Waals surface area contributed by atoms with E-state index >= 15 is 0 Å². The van der Waals surface area contributed by atoms with Gasteiger partial charge in [0.15, 0.2) is 0 Å². The van der Waals surface area contributed by atoms with Crippen LogP contribution in [-0.2, 0) is 15.9 Å². The predicted molar refractivity (Wildman–Crippen MR) is 61.8 cm³/mol. The molecule has 1 rings (SSSR count). The molecule has 2 heteroatoms. The molecule has 1 aromatic rings. The minimum absolute atomic E-state index is 0.521. The quantitative estimate of drug-likeness (QED) is 0.610. The number of rotatable bonds is 8. The van der Waals surface area contributed by atoms with E-state index in [4.69, 9.17) is 9.47 Å². The third kappa shape index (κ3) is 6.26. The van der Waals surface area contributed by atoms with Gasteiger partial charge in [0.2, 0.25) is 0 Å². The molecule has 0 aliphatic rings. The van der Waals surface area contributed by atoms with E-state index in [0.717, 1.165) is 19.4 Å². The van der Waals surface area contributed by atoms with Gasteiger partial charge in [-0.05, 0) is 25.3 Å². The molecule has 0 heterocycles. The summed E-state index contributed by atoms with van der Waals surface area (Å²) < 4.78 is 10.5. The molecule has 0 unspecified atom stereocenters. The lowest BCUT2D eigenvalue weighted by atomic mass is 10.1. The number of hydrogen-bond donors (Lipinski definition) is 0. The largest absolute Gasteiger partial charge is 0.379 e. The second kappa shape index (κ2) is 8.45. The highest BCUT2D eigenvalue weighted by molar-refractivity contribution is 5.14. The lowest BCUT2D eigenvalue weighted by molar-refractivity contribution is 0.0570. The van der Waals surface area contributed by atoms with Gasteiger partial charge in [0.05, 0.1) is 13.2 Å². The average molecular weight is 207 g/mol. The molecular weight excluding hydrogens is 188 g/mol. The minimum Gasteiger partial charge on any atom is -0.379 e. The lowest BCUT2D eigenvalue weighted by Gasteiger charge is -2.04. The number of benzene rings is 1. The second-order valence-corrected chi connectivity index (χ2v) is 3.31. The van der Waals surface area contributed by atoms with Crippen LogP contribution in [0.1, 0.15) is 12.0 Å². The Hall–Kier alpha value is -0.860. The Morgan fingerprint density at radius 2 is 1.67 bits per heavy atom. The van der Waals surface area contributed by atoms with E-state index < -0.39 is 0 Å². The monoisotopic (exact) mass is 207 g/mol. The maximum Gasteiger partial charge on any atom is 0.0700 e. The maximum atomic E-state index is 5.40. The third-order valence-corrected chi connectivity index (χ3v) is 2.11. The molecule has 1 radical (unpaired) electrons. The minimum atomic E-state index is 0.521. The summed E-state index contributed by atoms with van der Waals surface area (Å²) >= 11 is 0. The number of aryl methyl sites for hydroxylation is 1. The van der Waals surface area contributed by atoms with Gasteiger partial charge in [-0.1, -0.05) is 30.3 Å². The van der Waals surface area contributed by atoms with Gasteiger partial charge in [-0.3, -0.25) is 0 Å². The van der Waals surface area contributed by atoms with Crippen molar-refractivity contribution in [3.8, 4) is 0 Å². The summed E-state index contributed by atoms with van der Waals surface area (Å²) in [7, 11) is 0. The van der Waals surface area contributed by atoms with Crippen molar-refractivity contribution in [3.05, 3.63) is 42.8 Å². The average Bonchev–Trinajstić information content (AvgIpc) is 2.29. The molecule has 0 spiro atoms. The van der Waals surface area contributed by atoms with E-state index in [1.165, 1.54) is 5.56 Å². The van der Waals surface area contributed by atoms with Gasteiger partial charge < -0.3 is 9.47 Å². The molecule has 2 nitrogen and oxygen atoms in total. The SMILES string of the molecule is [CH2]COCCOCCCc1ccccc1. The summed E-state index contributed by atoms with van der Waals surface area (Å²) in [5.41, 5.74) is 1.37. The van der Waals surface area contributed by atoms with Gasteiger partial charge in [0.25, 0.3) is 0 Å². The normalized spacial score (nSPS) is 10.5. The fourth-order valence-corrected chi connectivity index (χ4v) is 1.35. The fourth-order valence-electron chi connectivity index (χ4n) is 1.35. The van der Waals surface area contributed by atoms with Crippen LogP contribution in [0.25, 0.3) is 0 Å². The zero-order valence-corrected chi connectivity index (χ0v) is 9.15. The maximum absolute atomic E-state index is 5.40. The van der Waals surface area contributed by atoms with Crippen LogP contribution >= 0.6 is 0 Å². The van der Waals surface area contributed by atoms with E-state index in [9.17, 15) is 0 Å². The Balaban J connectivity index is 1.93. The zero-order chi connectivity index (χ0) is 10.8. The summed E-state index contributed by atoms with van der Waals surface area (Å²) in [6.07, 6.45) is 2.14. The number of ether oxygens (including phenoxy) is 2. The molecule has 0 saturated carbocycles. The van der Waals surface area contributed by atoms with E-state index in [2.05, 4.69) is 31.2 Å². The first-order valence-corrected chi connectivity index (χ1v) is 5.42. The van der Waals surface area contributed by atoms with Crippen molar-refractivity contribution in [1.82, 2.24) is 0 Å². The molecule has 0 aliphatic heterocycles. The molecule has 0 bridgehead atoms. The standard InChI is InChI=1S/C13H19O2/c1-2-14-11-12-15-10-6-9-13-7-4-3-5-8-13/h3-5,7-8H,1-2,6,9-12H2. The van der Waals surface area contributed by atoms with E-state index in [1.54, 1.807) is 0 Å². The van der Waals surface area contributed by atoms with Crippen LogP contribution in [0.4, 0.5) is 0 Å². The van der Waals surface area contributed by atoms with Crippen LogP contribution < -0.4 is 0 Å². The Bertz CT molecular complexity index is 234. The van der Waals surface area contributed by atoms with Crippen molar-refractivity contribution in [2.75, 3.05) is 26.4 Å². The smallest absolute Gasteiger partial charge is 0.0700 e. The Morgan fingerprint density at radius 3 is 2.40 bits per heavy atom. The van der Waals surface area contributed by atoms with Crippen molar-refractivity contribution in [1.29, 1.82) is 0 Å². The van der Waals surface area contributed by atoms with Gasteiger partial charge in [0, 0.05) is 13.2 Å². The summed E-state index contributed by atoms with van der Waals surface area (Å²) in [5.74, 6) is 0. The van der Waals surface area contributed by atoms with Crippen LogP contribution in [0.2, 0.25) is 0 Å². The van der Waals surface area contributed by atoms with Crippen molar-refractivity contribution in [3.63, 3.8) is 0 Å². The first kappa shape index (κ1) is 12.2. The fraction of sp³-hybridized carbons (Fsp3) is 0.462. The van der Waals surface area contributed by atoms with Gasteiger partial charge in [-0.2, -0.15) is 0 Å². The number of hydrogen-bond acceptors (Lipinski definition) is 2. The molecular formula is C13H19O2. The molecule has 83 valence electrons. The molecule has 0 atom stereocenters. The molecule has 0 aliphatic carbocycles. The van der Waals surface area contributed by atoms with Crippen molar-refractivity contribution in [2.24, 2.45) is 0 Å². The van der Waals surface area contributed by atoms with E-state index in [1.807, 2.05) is 6.07 Å². The van der Waals surface area contributed by atoms with Crippen molar-refractivity contribution >= 4 is 0 Å². The van der Waals surface area contributed by atoms with E-state index in [-0.39, 0.29) is 0 Å². The molecule has 0 fully saturated rings. The highest BCUT2D eigenvalue weighted by atomic mass is 16.5.